The smallest absolute Gasteiger partial charge is 0.382 e. The number of rotatable bonds is 8. The highest BCUT2D eigenvalue weighted by molar-refractivity contribution is 4.81. The lowest BCUT2D eigenvalue weighted by molar-refractivity contribution is -0.188. The number of likely N-dealkylation sites (tertiary alicyclic amines) is 1. The zero-order valence-corrected chi connectivity index (χ0v) is 12.5. The molecular formula is C14H27F3N2O. The average Bonchev–Trinajstić information content (AvgIpc) is 2.41. The molecule has 1 aliphatic heterocycles. The summed E-state index contributed by atoms with van der Waals surface area (Å²) in [7, 11) is 0. The Morgan fingerprint density at radius 1 is 1.40 bits per heavy atom. The Kier molecular flexibility index (Phi) is 7.84. The maximum absolute atomic E-state index is 12.7. The van der Waals surface area contributed by atoms with Gasteiger partial charge in [0.05, 0.1) is 5.92 Å². The van der Waals surface area contributed by atoms with Crippen LogP contribution in [0.2, 0.25) is 0 Å². The van der Waals surface area contributed by atoms with Crippen molar-refractivity contribution in [3.63, 3.8) is 0 Å². The van der Waals surface area contributed by atoms with Gasteiger partial charge >= 0.3 is 6.18 Å². The van der Waals surface area contributed by atoms with E-state index in [1.54, 1.807) is 0 Å². The van der Waals surface area contributed by atoms with Crippen molar-refractivity contribution in [3.8, 4) is 0 Å². The normalized spacial score (nSPS) is 22.9. The summed E-state index contributed by atoms with van der Waals surface area (Å²) in [6.07, 6.45) is -2.21. The van der Waals surface area contributed by atoms with Gasteiger partial charge in [-0.05, 0) is 46.2 Å². The monoisotopic (exact) mass is 296 g/mol. The van der Waals surface area contributed by atoms with E-state index in [2.05, 4.69) is 5.32 Å². The highest BCUT2D eigenvalue weighted by atomic mass is 19.4. The van der Waals surface area contributed by atoms with E-state index >= 15 is 0 Å². The van der Waals surface area contributed by atoms with Gasteiger partial charge in [-0.15, -0.1) is 0 Å². The van der Waals surface area contributed by atoms with Gasteiger partial charge in [-0.1, -0.05) is 0 Å². The Bertz CT molecular complexity index is 261. The van der Waals surface area contributed by atoms with Crippen LogP contribution < -0.4 is 5.32 Å². The van der Waals surface area contributed by atoms with Crippen LogP contribution in [0.15, 0.2) is 0 Å². The molecule has 1 aliphatic rings. The van der Waals surface area contributed by atoms with Crippen molar-refractivity contribution in [3.05, 3.63) is 0 Å². The van der Waals surface area contributed by atoms with Crippen molar-refractivity contribution in [2.45, 2.75) is 45.3 Å². The largest absolute Gasteiger partial charge is 0.393 e. The lowest BCUT2D eigenvalue weighted by atomic mass is 9.96. The fourth-order valence-corrected chi connectivity index (χ4v) is 2.56. The number of alkyl halides is 3. The van der Waals surface area contributed by atoms with E-state index in [1.165, 1.54) is 0 Å². The third-order valence-corrected chi connectivity index (χ3v) is 3.83. The molecule has 0 aromatic rings. The van der Waals surface area contributed by atoms with Gasteiger partial charge in [-0.25, -0.2) is 0 Å². The summed E-state index contributed by atoms with van der Waals surface area (Å²) in [6.45, 7) is 7.91. The van der Waals surface area contributed by atoms with Crippen LogP contribution in [0.25, 0.3) is 0 Å². The summed E-state index contributed by atoms with van der Waals surface area (Å²) in [4.78, 5) is 1.96. The Hall–Kier alpha value is -0.330. The molecule has 0 radical (unpaired) electrons. The lowest BCUT2D eigenvalue weighted by Crippen LogP contribution is -2.48. The summed E-state index contributed by atoms with van der Waals surface area (Å²) in [5.41, 5.74) is 0. The Morgan fingerprint density at radius 3 is 2.80 bits per heavy atom. The van der Waals surface area contributed by atoms with Crippen molar-refractivity contribution >= 4 is 0 Å². The third-order valence-electron chi connectivity index (χ3n) is 3.83. The quantitative estimate of drug-likeness (QED) is 0.697. The molecule has 1 rings (SSSR count). The van der Waals surface area contributed by atoms with Crippen molar-refractivity contribution in [2.75, 3.05) is 39.4 Å². The first-order valence-corrected chi connectivity index (χ1v) is 7.54. The van der Waals surface area contributed by atoms with E-state index in [0.29, 0.717) is 6.42 Å². The van der Waals surface area contributed by atoms with Gasteiger partial charge in [0.15, 0.2) is 0 Å². The molecule has 0 aromatic heterocycles. The number of hydrogen-bond donors (Lipinski definition) is 1. The molecule has 20 heavy (non-hydrogen) atoms. The average molecular weight is 296 g/mol. The molecule has 1 heterocycles. The van der Waals surface area contributed by atoms with Crippen LogP contribution >= 0.6 is 0 Å². The van der Waals surface area contributed by atoms with E-state index in [1.807, 2.05) is 18.7 Å². The third kappa shape index (κ3) is 6.41. The minimum atomic E-state index is -4.05. The summed E-state index contributed by atoms with van der Waals surface area (Å²) >= 11 is 0. The Balaban J connectivity index is 2.20. The molecule has 3 nitrogen and oxygen atoms in total. The molecule has 1 saturated heterocycles. The number of ether oxygens (including phenoxy) is 1. The van der Waals surface area contributed by atoms with E-state index in [-0.39, 0.29) is 19.0 Å². The number of nitrogens with zero attached hydrogens (tertiary/aromatic N) is 1. The molecule has 1 fully saturated rings. The van der Waals surface area contributed by atoms with Crippen LogP contribution in [-0.2, 0) is 4.74 Å². The minimum absolute atomic E-state index is 0.144. The number of piperidine rings is 1. The number of nitrogens with one attached hydrogen (secondary N) is 1. The van der Waals surface area contributed by atoms with Crippen molar-refractivity contribution < 1.29 is 17.9 Å². The van der Waals surface area contributed by atoms with Gasteiger partial charge in [0.2, 0.25) is 0 Å². The predicted molar refractivity (Wildman–Crippen MR) is 73.8 cm³/mol. The van der Waals surface area contributed by atoms with Gasteiger partial charge in [0, 0.05) is 32.3 Å². The molecule has 0 saturated carbocycles. The Morgan fingerprint density at radius 2 is 2.15 bits per heavy atom. The summed E-state index contributed by atoms with van der Waals surface area (Å²) in [5, 5.41) is 3.29. The van der Waals surface area contributed by atoms with Crippen molar-refractivity contribution in [1.29, 1.82) is 0 Å². The first-order chi connectivity index (χ1) is 9.45. The standard InChI is InChI=1S/C14H27F3N2O/c1-3-20-9-5-7-18-10-12(2)19-8-4-6-13(11-19)14(15,16)17/h12-13,18H,3-11H2,1-2H3. The van der Waals surface area contributed by atoms with Gasteiger partial charge in [0.25, 0.3) is 0 Å². The van der Waals surface area contributed by atoms with E-state index in [9.17, 15) is 13.2 Å². The van der Waals surface area contributed by atoms with Gasteiger partial charge < -0.3 is 10.1 Å². The van der Waals surface area contributed by atoms with E-state index < -0.39 is 12.1 Å². The second-order valence-corrected chi connectivity index (χ2v) is 5.48. The van der Waals surface area contributed by atoms with E-state index in [0.717, 1.165) is 39.3 Å². The first-order valence-electron chi connectivity index (χ1n) is 7.54. The van der Waals surface area contributed by atoms with Crippen LogP contribution in [0.4, 0.5) is 13.2 Å². The topological polar surface area (TPSA) is 24.5 Å². The zero-order chi connectivity index (χ0) is 15.0. The molecule has 2 unspecified atom stereocenters. The molecule has 6 heteroatoms. The van der Waals surface area contributed by atoms with Crippen LogP contribution in [0.5, 0.6) is 0 Å². The zero-order valence-electron chi connectivity index (χ0n) is 12.5. The molecule has 0 bridgehead atoms. The molecule has 0 aromatic carbocycles. The fraction of sp³-hybridized carbons (Fsp3) is 1.00. The summed E-state index contributed by atoms with van der Waals surface area (Å²) in [6, 6.07) is 0.146. The molecular weight excluding hydrogens is 269 g/mol. The SMILES string of the molecule is CCOCCCNCC(C)N1CCCC(C(F)(F)F)C1. The van der Waals surface area contributed by atoms with Gasteiger partial charge in [-0.2, -0.15) is 13.2 Å². The molecule has 1 N–H and O–H groups in total. The van der Waals surface area contributed by atoms with Crippen LogP contribution in [0.1, 0.15) is 33.1 Å². The second-order valence-electron chi connectivity index (χ2n) is 5.48. The minimum Gasteiger partial charge on any atom is -0.382 e. The predicted octanol–water partition coefficient (Wildman–Crippen LogP) is 2.67. The van der Waals surface area contributed by atoms with Gasteiger partial charge in [-0.3, -0.25) is 4.90 Å². The van der Waals surface area contributed by atoms with Crippen LogP contribution in [-0.4, -0.2) is 56.5 Å². The van der Waals surface area contributed by atoms with Crippen LogP contribution in [0.3, 0.4) is 0 Å². The molecule has 2 atom stereocenters. The highest BCUT2D eigenvalue weighted by Crippen LogP contribution is 2.33. The van der Waals surface area contributed by atoms with Crippen molar-refractivity contribution in [2.24, 2.45) is 5.92 Å². The number of hydrogen-bond acceptors (Lipinski definition) is 3. The number of halogens is 3. The van der Waals surface area contributed by atoms with Gasteiger partial charge in [0.1, 0.15) is 0 Å². The Labute approximate surface area is 119 Å². The van der Waals surface area contributed by atoms with Crippen LogP contribution in [0, 0.1) is 5.92 Å². The maximum atomic E-state index is 12.7. The first kappa shape index (κ1) is 17.7. The maximum Gasteiger partial charge on any atom is 0.393 e. The van der Waals surface area contributed by atoms with E-state index in [4.69, 9.17) is 4.74 Å². The molecule has 0 amide bonds. The fourth-order valence-electron chi connectivity index (χ4n) is 2.56. The molecule has 0 aliphatic carbocycles. The highest BCUT2D eigenvalue weighted by Gasteiger charge is 2.42. The molecule has 0 spiro atoms. The second kappa shape index (κ2) is 8.85. The lowest BCUT2D eigenvalue weighted by Gasteiger charge is -2.37. The summed E-state index contributed by atoms with van der Waals surface area (Å²) in [5.74, 6) is -1.16. The summed E-state index contributed by atoms with van der Waals surface area (Å²) < 4.78 is 43.5. The van der Waals surface area contributed by atoms with Crippen molar-refractivity contribution in [1.82, 2.24) is 10.2 Å². The molecule has 120 valence electrons.